The molecule has 5 unspecified atom stereocenters. The van der Waals surface area contributed by atoms with Gasteiger partial charge in [0.05, 0.1) is 6.61 Å². The lowest BCUT2D eigenvalue weighted by Crippen LogP contribution is -2.66. The highest BCUT2D eigenvalue weighted by Crippen LogP contribution is 2.30. The van der Waals surface area contributed by atoms with Crippen molar-refractivity contribution in [1.29, 1.82) is 0 Å². The third-order valence-electron chi connectivity index (χ3n) is 2.19. The van der Waals surface area contributed by atoms with Crippen LogP contribution in [0, 0.1) is 0 Å². The van der Waals surface area contributed by atoms with Crippen molar-refractivity contribution in [1.82, 2.24) is 0 Å². The number of ether oxygens (including phenoxy) is 1. The van der Waals surface area contributed by atoms with Gasteiger partial charge in [0.1, 0.15) is 18.3 Å². The maximum absolute atomic E-state index is 9.61. The van der Waals surface area contributed by atoms with Crippen LogP contribution in [0.3, 0.4) is 0 Å². The molecule has 0 aromatic carbocycles. The molecule has 1 saturated heterocycles. The smallest absolute Gasteiger partial charge is 0.203 e. The van der Waals surface area contributed by atoms with E-state index in [2.05, 4.69) is 14.8 Å². The second-order valence-electron chi connectivity index (χ2n) is 3.11. The first-order valence-corrected chi connectivity index (χ1v) is 4.06. The topological polar surface area (TPSA) is 159 Å². The Morgan fingerprint density at radius 3 is 2.40 bits per heavy atom. The van der Waals surface area contributed by atoms with Crippen molar-refractivity contribution in [2.24, 2.45) is 5.11 Å². The highest BCUT2D eigenvalue weighted by atomic mass is 16.6. The van der Waals surface area contributed by atoms with Gasteiger partial charge in [-0.05, 0) is 5.53 Å². The number of nitrogens with zero attached hydrogens (tertiary/aromatic N) is 3. The summed E-state index contributed by atoms with van der Waals surface area (Å²) in [7, 11) is 0. The van der Waals surface area contributed by atoms with Gasteiger partial charge in [0.25, 0.3) is 0 Å². The summed E-state index contributed by atoms with van der Waals surface area (Å²) in [5.74, 6) is 0. The van der Waals surface area contributed by atoms with Crippen molar-refractivity contribution >= 4 is 0 Å². The van der Waals surface area contributed by atoms with Crippen LogP contribution in [0.4, 0.5) is 0 Å². The molecule has 0 aromatic rings. The third-order valence-corrected chi connectivity index (χ3v) is 2.19. The van der Waals surface area contributed by atoms with Crippen molar-refractivity contribution in [3.8, 4) is 0 Å². The van der Waals surface area contributed by atoms with Crippen LogP contribution in [-0.4, -0.2) is 62.5 Å². The van der Waals surface area contributed by atoms with Crippen molar-refractivity contribution in [3.63, 3.8) is 0 Å². The first-order valence-electron chi connectivity index (χ1n) is 4.06. The van der Waals surface area contributed by atoms with Crippen molar-refractivity contribution < 1.29 is 30.3 Å². The average molecular weight is 221 g/mol. The van der Waals surface area contributed by atoms with E-state index in [0.717, 1.165) is 0 Å². The summed E-state index contributed by atoms with van der Waals surface area (Å²) >= 11 is 0. The summed E-state index contributed by atoms with van der Waals surface area (Å²) in [6, 6.07) is 0. The largest absolute Gasteiger partial charge is 0.394 e. The lowest BCUT2D eigenvalue weighted by molar-refractivity contribution is -0.319. The molecule has 1 heterocycles. The molecular formula is C6H11N3O6. The maximum Gasteiger partial charge on any atom is 0.203 e. The summed E-state index contributed by atoms with van der Waals surface area (Å²) in [6.07, 6.45) is -7.04. The Morgan fingerprint density at radius 1 is 1.33 bits per heavy atom. The van der Waals surface area contributed by atoms with Gasteiger partial charge >= 0.3 is 0 Å². The van der Waals surface area contributed by atoms with E-state index in [1.807, 2.05) is 0 Å². The van der Waals surface area contributed by atoms with E-state index in [1.165, 1.54) is 0 Å². The predicted octanol–water partition coefficient (Wildman–Crippen LogP) is -2.58. The monoisotopic (exact) mass is 221 g/mol. The number of aliphatic hydroxyl groups excluding tert-OH is 4. The number of hydrogen-bond acceptors (Lipinski definition) is 7. The van der Waals surface area contributed by atoms with E-state index < -0.39 is 36.9 Å². The summed E-state index contributed by atoms with van der Waals surface area (Å²) in [4.78, 5) is 2.24. The van der Waals surface area contributed by atoms with Gasteiger partial charge in [0.2, 0.25) is 5.72 Å². The Morgan fingerprint density at radius 2 is 1.93 bits per heavy atom. The van der Waals surface area contributed by atoms with Gasteiger partial charge in [-0.3, -0.25) is 0 Å². The van der Waals surface area contributed by atoms with E-state index in [1.54, 1.807) is 0 Å². The average Bonchev–Trinajstić information content (AvgIpc) is 2.21. The second kappa shape index (κ2) is 4.29. The molecule has 0 spiro atoms. The number of aliphatic hydroxyl groups is 5. The van der Waals surface area contributed by atoms with Gasteiger partial charge in [-0.25, -0.2) is 0 Å². The maximum atomic E-state index is 9.61. The minimum Gasteiger partial charge on any atom is -0.394 e. The van der Waals surface area contributed by atoms with Crippen LogP contribution < -0.4 is 0 Å². The molecule has 9 nitrogen and oxygen atoms in total. The molecule has 0 aliphatic carbocycles. The second-order valence-corrected chi connectivity index (χ2v) is 3.11. The molecule has 1 rings (SSSR count). The Balaban J connectivity index is 3.03. The molecule has 5 atom stereocenters. The molecule has 0 aromatic heterocycles. The molecule has 1 aliphatic heterocycles. The predicted molar refractivity (Wildman–Crippen MR) is 44.1 cm³/mol. The molecule has 1 aliphatic rings. The fourth-order valence-corrected chi connectivity index (χ4v) is 1.32. The molecule has 0 bridgehead atoms. The van der Waals surface area contributed by atoms with Crippen LogP contribution in [0.5, 0.6) is 0 Å². The summed E-state index contributed by atoms with van der Waals surface area (Å²) in [5.41, 5.74) is 5.53. The highest BCUT2D eigenvalue weighted by Gasteiger charge is 2.54. The van der Waals surface area contributed by atoms with E-state index in [4.69, 9.17) is 15.7 Å². The minimum absolute atomic E-state index is 0.714. The van der Waals surface area contributed by atoms with Crippen LogP contribution in [0.15, 0.2) is 5.11 Å². The standard InChI is InChI=1S/C6H11N3O6/c7-9-8-6(14)3(11)2(1-10)15-5(13)4(6)12/h2-5,10-14H,1H2. The van der Waals surface area contributed by atoms with Crippen LogP contribution in [-0.2, 0) is 4.74 Å². The van der Waals surface area contributed by atoms with Gasteiger partial charge in [-0.1, -0.05) is 5.11 Å². The van der Waals surface area contributed by atoms with Crippen LogP contribution >= 0.6 is 0 Å². The number of azide groups is 1. The van der Waals surface area contributed by atoms with Crippen molar-refractivity contribution in [2.75, 3.05) is 6.61 Å². The van der Waals surface area contributed by atoms with Gasteiger partial charge in [-0.2, -0.15) is 0 Å². The third kappa shape index (κ3) is 1.90. The first kappa shape index (κ1) is 12.1. The minimum atomic E-state index is -2.63. The zero-order valence-electron chi connectivity index (χ0n) is 7.50. The van der Waals surface area contributed by atoms with Crippen LogP contribution in [0.1, 0.15) is 0 Å². The molecule has 15 heavy (non-hydrogen) atoms. The van der Waals surface area contributed by atoms with E-state index in [-0.39, 0.29) is 0 Å². The Labute approximate surface area is 83.8 Å². The lowest BCUT2D eigenvalue weighted by atomic mass is 9.93. The molecule has 5 N–H and O–H groups in total. The highest BCUT2D eigenvalue weighted by molar-refractivity contribution is 4.99. The number of hydrogen-bond donors (Lipinski definition) is 5. The van der Waals surface area contributed by atoms with Gasteiger partial charge < -0.3 is 30.3 Å². The SMILES string of the molecule is [N-]=[N+]=NC1(O)C(O)C(O)OC(CO)C1O. The zero-order chi connectivity index (χ0) is 11.6. The Kier molecular flexibility index (Phi) is 3.47. The van der Waals surface area contributed by atoms with Gasteiger partial charge in [0, 0.05) is 4.91 Å². The Hall–Kier alpha value is -0.930. The summed E-state index contributed by atoms with van der Waals surface area (Å²) < 4.78 is 4.56. The molecular weight excluding hydrogens is 210 g/mol. The number of rotatable bonds is 2. The quantitative estimate of drug-likeness (QED) is 0.195. The fraction of sp³-hybridized carbons (Fsp3) is 1.00. The molecule has 0 radical (unpaired) electrons. The van der Waals surface area contributed by atoms with Crippen LogP contribution in [0.2, 0.25) is 0 Å². The van der Waals surface area contributed by atoms with E-state index in [9.17, 15) is 15.3 Å². The van der Waals surface area contributed by atoms with Gasteiger partial charge in [-0.15, -0.1) is 0 Å². The lowest BCUT2D eigenvalue weighted by Gasteiger charge is -2.43. The first-order chi connectivity index (χ1) is 6.97. The summed E-state index contributed by atoms with van der Waals surface area (Å²) in [5, 5.41) is 49.0. The van der Waals surface area contributed by atoms with Crippen molar-refractivity contribution in [2.45, 2.75) is 30.3 Å². The normalized spacial score (nSPS) is 45.9. The molecule has 0 amide bonds. The van der Waals surface area contributed by atoms with Crippen LogP contribution in [0.25, 0.3) is 10.4 Å². The molecule has 9 heteroatoms. The van der Waals surface area contributed by atoms with Gasteiger partial charge in [0.15, 0.2) is 6.29 Å². The molecule has 1 fully saturated rings. The fourth-order valence-electron chi connectivity index (χ4n) is 1.32. The summed E-state index contributed by atoms with van der Waals surface area (Å²) in [6.45, 7) is -0.714. The van der Waals surface area contributed by atoms with E-state index in [0.29, 0.717) is 0 Å². The van der Waals surface area contributed by atoms with Crippen molar-refractivity contribution in [3.05, 3.63) is 10.4 Å². The zero-order valence-corrected chi connectivity index (χ0v) is 7.50. The van der Waals surface area contributed by atoms with E-state index >= 15 is 0 Å². The molecule has 0 saturated carbocycles. The Bertz CT molecular complexity index is 282. The molecule has 86 valence electrons.